The van der Waals surface area contributed by atoms with Gasteiger partial charge in [-0.1, -0.05) is 6.92 Å². The van der Waals surface area contributed by atoms with E-state index >= 15 is 0 Å². The average molecular weight is 225 g/mol. The molecule has 0 bridgehead atoms. The zero-order chi connectivity index (χ0) is 11.3. The quantitative estimate of drug-likeness (QED) is 0.836. The van der Waals surface area contributed by atoms with Gasteiger partial charge in [-0.2, -0.15) is 11.8 Å². The molecule has 0 radical (unpaired) electrons. The molecule has 1 aromatic rings. The summed E-state index contributed by atoms with van der Waals surface area (Å²) < 4.78 is 0.233. The Morgan fingerprint density at radius 1 is 1.40 bits per heavy atom. The van der Waals surface area contributed by atoms with E-state index in [0.29, 0.717) is 0 Å². The highest BCUT2D eigenvalue weighted by Crippen LogP contribution is 2.21. The fourth-order valence-corrected chi connectivity index (χ4v) is 1.28. The molecule has 0 aliphatic carbocycles. The molecule has 15 heavy (non-hydrogen) atoms. The Kier molecular flexibility index (Phi) is 4.39. The summed E-state index contributed by atoms with van der Waals surface area (Å²) in [6.07, 6.45) is 4.69. The molecule has 1 N–H and O–H groups in total. The van der Waals surface area contributed by atoms with Crippen LogP contribution in [0.5, 0.6) is 0 Å². The SMILES string of the molecule is CCc1cc(NCC(C)(C)SC)ncn1. The second-order valence-corrected chi connectivity index (χ2v) is 5.58. The maximum atomic E-state index is 4.19. The number of hydrogen-bond donors (Lipinski definition) is 1. The number of anilines is 1. The molecule has 0 saturated carbocycles. The third-order valence-electron chi connectivity index (χ3n) is 2.33. The van der Waals surface area contributed by atoms with Crippen LogP contribution in [0.3, 0.4) is 0 Å². The Balaban J connectivity index is 2.57. The van der Waals surface area contributed by atoms with E-state index in [9.17, 15) is 0 Å². The first kappa shape index (κ1) is 12.3. The second kappa shape index (κ2) is 5.35. The standard InChI is InChI=1S/C11H19N3S/c1-5-9-6-10(14-8-13-9)12-7-11(2,3)15-4/h6,8H,5,7H2,1-4H3,(H,12,13,14). The highest BCUT2D eigenvalue weighted by Gasteiger charge is 2.15. The summed E-state index contributed by atoms with van der Waals surface area (Å²) in [5, 5.41) is 3.34. The number of rotatable bonds is 5. The summed E-state index contributed by atoms with van der Waals surface area (Å²) in [5.41, 5.74) is 1.08. The van der Waals surface area contributed by atoms with Gasteiger partial charge in [0, 0.05) is 23.1 Å². The van der Waals surface area contributed by atoms with E-state index in [1.807, 2.05) is 17.8 Å². The molecule has 1 heterocycles. The molecule has 0 aromatic carbocycles. The smallest absolute Gasteiger partial charge is 0.129 e. The number of thioether (sulfide) groups is 1. The molecule has 0 spiro atoms. The maximum absolute atomic E-state index is 4.19. The zero-order valence-electron chi connectivity index (χ0n) is 9.87. The number of aromatic nitrogens is 2. The molecule has 3 nitrogen and oxygen atoms in total. The minimum atomic E-state index is 0.233. The molecular formula is C11H19N3S. The van der Waals surface area contributed by atoms with Crippen LogP contribution < -0.4 is 5.32 Å². The summed E-state index contributed by atoms with van der Waals surface area (Å²) in [4.78, 5) is 8.36. The van der Waals surface area contributed by atoms with Gasteiger partial charge in [0.05, 0.1) is 0 Å². The lowest BCUT2D eigenvalue weighted by Crippen LogP contribution is -2.26. The van der Waals surface area contributed by atoms with Crippen molar-refractivity contribution >= 4 is 17.6 Å². The lowest BCUT2D eigenvalue weighted by molar-refractivity contribution is 0.749. The Hall–Kier alpha value is -0.770. The second-order valence-electron chi connectivity index (χ2n) is 4.07. The molecular weight excluding hydrogens is 206 g/mol. The molecule has 0 amide bonds. The Labute approximate surface area is 96.1 Å². The van der Waals surface area contributed by atoms with Crippen molar-refractivity contribution in [3.63, 3.8) is 0 Å². The first-order valence-corrected chi connectivity index (χ1v) is 6.40. The van der Waals surface area contributed by atoms with Gasteiger partial charge in [-0.05, 0) is 26.5 Å². The van der Waals surface area contributed by atoms with Crippen LogP contribution >= 0.6 is 11.8 Å². The molecule has 84 valence electrons. The number of hydrogen-bond acceptors (Lipinski definition) is 4. The van der Waals surface area contributed by atoms with Crippen LogP contribution in [0.15, 0.2) is 12.4 Å². The first-order valence-electron chi connectivity index (χ1n) is 5.17. The number of nitrogens with zero attached hydrogens (tertiary/aromatic N) is 2. The van der Waals surface area contributed by atoms with Crippen molar-refractivity contribution in [3.8, 4) is 0 Å². The van der Waals surface area contributed by atoms with Crippen LogP contribution in [0, 0.1) is 0 Å². The van der Waals surface area contributed by atoms with Gasteiger partial charge in [0.25, 0.3) is 0 Å². The molecule has 1 rings (SSSR count). The van der Waals surface area contributed by atoms with E-state index in [0.717, 1.165) is 24.5 Å². The minimum absolute atomic E-state index is 0.233. The molecule has 0 aliphatic rings. The number of aryl methyl sites for hydroxylation is 1. The van der Waals surface area contributed by atoms with E-state index < -0.39 is 0 Å². The molecule has 0 unspecified atom stereocenters. The molecule has 0 atom stereocenters. The summed E-state index contributed by atoms with van der Waals surface area (Å²) >= 11 is 1.85. The molecule has 1 aromatic heterocycles. The van der Waals surface area contributed by atoms with Gasteiger partial charge >= 0.3 is 0 Å². The minimum Gasteiger partial charge on any atom is -0.369 e. The largest absolute Gasteiger partial charge is 0.369 e. The highest BCUT2D eigenvalue weighted by atomic mass is 32.2. The highest BCUT2D eigenvalue weighted by molar-refractivity contribution is 7.99. The molecule has 4 heteroatoms. The van der Waals surface area contributed by atoms with Crippen molar-refractivity contribution in [2.45, 2.75) is 31.9 Å². The van der Waals surface area contributed by atoms with Gasteiger partial charge in [0.2, 0.25) is 0 Å². The fraction of sp³-hybridized carbons (Fsp3) is 0.636. The van der Waals surface area contributed by atoms with Gasteiger partial charge in [-0.15, -0.1) is 0 Å². The third kappa shape index (κ3) is 4.08. The molecule has 0 aliphatic heterocycles. The van der Waals surface area contributed by atoms with E-state index in [4.69, 9.17) is 0 Å². The van der Waals surface area contributed by atoms with E-state index in [2.05, 4.69) is 42.3 Å². The zero-order valence-corrected chi connectivity index (χ0v) is 10.7. The van der Waals surface area contributed by atoms with Gasteiger partial charge in [0.1, 0.15) is 12.1 Å². The third-order valence-corrected chi connectivity index (χ3v) is 3.58. The van der Waals surface area contributed by atoms with E-state index in [1.54, 1.807) is 6.33 Å². The maximum Gasteiger partial charge on any atom is 0.129 e. The van der Waals surface area contributed by atoms with Crippen molar-refractivity contribution in [1.82, 2.24) is 9.97 Å². The van der Waals surface area contributed by atoms with Crippen molar-refractivity contribution in [2.75, 3.05) is 18.1 Å². The van der Waals surface area contributed by atoms with Crippen LogP contribution in [0.2, 0.25) is 0 Å². The van der Waals surface area contributed by atoms with Crippen molar-refractivity contribution in [1.29, 1.82) is 0 Å². The van der Waals surface area contributed by atoms with Gasteiger partial charge in [-0.3, -0.25) is 0 Å². The topological polar surface area (TPSA) is 37.8 Å². The lowest BCUT2D eigenvalue weighted by atomic mass is 10.2. The van der Waals surface area contributed by atoms with Crippen molar-refractivity contribution < 1.29 is 0 Å². The first-order chi connectivity index (χ1) is 7.07. The monoisotopic (exact) mass is 225 g/mol. The predicted octanol–water partition coefficient (Wildman–Crippen LogP) is 2.59. The Morgan fingerprint density at radius 2 is 2.13 bits per heavy atom. The van der Waals surface area contributed by atoms with Crippen LogP contribution in [-0.4, -0.2) is 27.5 Å². The molecule has 0 saturated heterocycles. The van der Waals surface area contributed by atoms with Crippen LogP contribution in [0.1, 0.15) is 26.5 Å². The van der Waals surface area contributed by atoms with Gasteiger partial charge < -0.3 is 5.32 Å². The summed E-state index contributed by atoms with van der Waals surface area (Å²) in [6.45, 7) is 7.44. The van der Waals surface area contributed by atoms with Crippen LogP contribution in [0.4, 0.5) is 5.82 Å². The van der Waals surface area contributed by atoms with Gasteiger partial charge in [-0.25, -0.2) is 9.97 Å². The van der Waals surface area contributed by atoms with Crippen molar-refractivity contribution in [3.05, 3.63) is 18.1 Å². The Bertz CT molecular complexity index is 312. The number of nitrogens with one attached hydrogen (secondary N) is 1. The van der Waals surface area contributed by atoms with Crippen molar-refractivity contribution in [2.24, 2.45) is 0 Å². The fourth-order valence-electron chi connectivity index (χ4n) is 1.06. The summed E-state index contributed by atoms with van der Waals surface area (Å²) in [6, 6.07) is 2.01. The summed E-state index contributed by atoms with van der Waals surface area (Å²) in [7, 11) is 0. The van der Waals surface area contributed by atoms with E-state index in [1.165, 1.54) is 0 Å². The van der Waals surface area contributed by atoms with Crippen LogP contribution in [0.25, 0.3) is 0 Å². The summed E-state index contributed by atoms with van der Waals surface area (Å²) in [5.74, 6) is 0.920. The Morgan fingerprint density at radius 3 is 2.73 bits per heavy atom. The average Bonchev–Trinajstić information content (AvgIpc) is 2.27. The van der Waals surface area contributed by atoms with E-state index in [-0.39, 0.29) is 4.75 Å². The van der Waals surface area contributed by atoms with Gasteiger partial charge in [0.15, 0.2) is 0 Å². The van der Waals surface area contributed by atoms with Crippen LogP contribution in [-0.2, 0) is 6.42 Å². The predicted molar refractivity (Wildman–Crippen MR) is 67.5 cm³/mol. The molecule has 0 fully saturated rings. The normalized spacial score (nSPS) is 11.5. The lowest BCUT2D eigenvalue weighted by Gasteiger charge is -2.22.